The van der Waals surface area contributed by atoms with Gasteiger partial charge in [0, 0.05) is 12.0 Å². The van der Waals surface area contributed by atoms with E-state index in [1.54, 1.807) is 6.20 Å². The Labute approximate surface area is 131 Å². The molecule has 1 aromatic heterocycles. The Morgan fingerprint density at radius 1 is 1.43 bits per heavy atom. The minimum atomic E-state index is -0.213. The van der Waals surface area contributed by atoms with Crippen molar-refractivity contribution in [3.05, 3.63) is 56.9 Å². The number of terminal acetylenes is 1. The van der Waals surface area contributed by atoms with Crippen LogP contribution in [0.25, 0.3) is 0 Å². The molecule has 0 radical (unpaired) electrons. The van der Waals surface area contributed by atoms with Crippen LogP contribution >= 0.6 is 15.9 Å². The van der Waals surface area contributed by atoms with Crippen LogP contribution < -0.4 is 10.9 Å². The lowest BCUT2D eigenvalue weighted by atomic mass is 10.1. The highest BCUT2D eigenvalue weighted by Gasteiger charge is 2.38. The van der Waals surface area contributed by atoms with Gasteiger partial charge in [0.15, 0.2) is 0 Å². The molecule has 1 saturated carbocycles. The van der Waals surface area contributed by atoms with Gasteiger partial charge in [-0.05, 0) is 27.9 Å². The van der Waals surface area contributed by atoms with Crippen LogP contribution in [0.5, 0.6) is 0 Å². The third-order valence-electron chi connectivity index (χ3n) is 3.59. The second kappa shape index (κ2) is 5.74. The van der Waals surface area contributed by atoms with Gasteiger partial charge in [-0.15, -0.1) is 6.42 Å². The molecular weight excluding hydrogens is 330 g/mol. The highest BCUT2D eigenvalue weighted by molar-refractivity contribution is 9.10. The van der Waals surface area contributed by atoms with Crippen LogP contribution in [0.2, 0.25) is 0 Å². The molecule has 0 amide bonds. The zero-order valence-corrected chi connectivity index (χ0v) is 12.9. The first-order chi connectivity index (χ1) is 10.2. The smallest absolute Gasteiger partial charge is 0.284 e. The predicted octanol–water partition coefficient (Wildman–Crippen LogP) is 2.61. The van der Waals surface area contributed by atoms with Crippen LogP contribution in [0, 0.1) is 12.3 Å². The topological polar surface area (TPSA) is 46.9 Å². The van der Waals surface area contributed by atoms with Gasteiger partial charge in [-0.25, -0.2) is 4.68 Å². The molecule has 0 bridgehead atoms. The molecule has 0 saturated heterocycles. The SMILES string of the molecule is C#CCn1ncc(NC2CC2c2ccccc2)c(Br)c1=O. The van der Waals surface area contributed by atoms with Gasteiger partial charge in [-0.3, -0.25) is 4.79 Å². The maximum absolute atomic E-state index is 12.1. The van der Waals surface area contributed by atoms with E-state index in [1.807, 2.05) is 18.2 Å². The van der Waals surface area contributed by atoms with Gasteiger partial charge in [0.2, 0.25) is 0 Å². The molecule has 4 nitrogen and oxygen atoms in total. The molecule has 3 rings (SSSR count). The first-order valence-electron chi connectivity index (χ1n) is 6.71. The number of hydrogen-bond donors (Lipinski definition) is 1. The molecule has 1 fully saturated rings. The summed E-state index contributed by atoms with van der Waals surface area (Å²) in [7, 11) is 0. The molecule has 0 spiro atoms. The number of hydrogen-bond acceptors (Lipinski definition) is 3. The molecular formula is C16H14BrN3O. The second-order valence-electron chi connectivity index (χ2n) is 5.04. The van der Waals surface area contributed by atoms with Gasteiger partial charge in [0.05, 0.1) is 11.9 Å². The largest absolute Gasteiger partial charge is 0.379 e. The van der Waals surface area contributed by atoms with Gasteiger partial charge >= 0.3 is 0 Å². The summed E-state index contributed by atoms with van der Waals surface area (Å²) < 4.78 is 1.74. The maximum Gasteiger partial charge on any atom is 0.284 e. The third-order valence-corrected chi connectivity index (χ3v) is 4.35. The average molecular weight is 344 g/mol. The van der Waals surface area contributed by atoms with Crippen molar-refractivity contribution in [2.75, 3.05) is 5.32 Å². The first-order valence-corrected chi connectivity index (χ1v) is 7.50. The summed E-state index contributed by atoms with van der Waals surface area (Å²) in [5.74, 6) is 2.90. The minimum absolute atomic E-state index is 0.174. The highest BCUT2D eigenvalue weighted by Crippen LogP contribution is 2.43. The number of nitrogens with one attached hydrogen (secondary N) is 1. The first kappa shape index (κ1) is 13.9. The van der Waals surface area contributed by atoms with E-state index in [0.717, 1.165) is 12.1 Å². The van der Waals surface area contributed by atoms with Gasteiger partial charge in [-0.1, -0.05) is 36.3 Å². The summed E-state index contributed by atoms with van der Waals surface area (Å²) in [4.78, 5) is 12.1. The Kier molecular flexibility index (Phi) is 3.80. The summed E-state index contributed by atoms with van der Waals surface area (Å²) >= 11 is 3.33. The van der Waals surface area contributed by atoms with Crippen LogP contribution in [0.3, 0.4) is 0 Å². The van der Waals surface area contributed by atoms with Crippen LogP contribution in [0.4, 0.5) is 5.69 Å². The zero-order valence-electron chi connectivity index (χ0n) is 11.3. The van der Waals surface area contributed by atoms with E-state index in [2.05, 4.69) is 44.4 Å². The fourth-order valence-corrected chi connectivity index (χ4v) is 2.81. The number of rotatable bonds is 4. The second-order valence-corrected chi connectivity index (χ2v) is 5.84. The van der Waals surface area contributed by atoms with Gasteiger partial charge in [0.1, 0.15) is 11.0 Å². The van der Waals surface area contributed by atoms with E-state index in [4.69, 9.17) is 6.42 Å². The average Bonchev–Trinajstić information content (AvgIpc) is 3.27. The quantitative estimate of drug-likeness (QED) is 0.868. The van der Waals surface area contributed by atoms with E-state index in [0.29, 0.717) is 16.4 Å². The molecule has 1 aromatic carbocycles. The molecule has 1 aliphatic rings. The van der Waals surface area contributed by atoms with Crippen LogP contribution in [-0.4, -0.2) is 15.8 Å². The monoisotopic (exact) mass is 343 g/mol. The van der Waals surface area contributed by atoms with Crippen molar-refractivity contribution in [2.45, 2.75) is 24.9 Å². The summed E-state index contributed by atoms with van der Waals surface area (Å²) in [5.41, 5.74) is 1.83. The lowest BCUT2D eigenvalue weighted by Gasteiger charge is -2.09. The fraction of sp³-hybridized carbons (Fsp3) is 0.250. The van der Waals surface area contributed by atoms with Crippen molar-refractivity contribution in [2.24, 2.45) is 0 Å². The van der Waals surface area contributed by atoms with Gasteiger partial charge < -0.3 is 5.32 Å². The van der Waals surface area contributed by atoms with Crippen molar-refractivity contribution in [1.29, 1.82) is 0 Å². The van der Waals surface area contributed by atoms with Crippen molar-refractivity contribution in [3.63, 3.8) is 0 Å². The Morgan fingerprint density at radius 3 is 2.90 bits per heavy atom. The molecule has 2 aromatic rings. The number of halogens is 1. The molecule has 0 aliphatic heterocycles. The predicted molar refractivity (Wildman–Crippen MR) is 86.2 cm³/mol. The highest BCUT2D eigenvalue weighted by atomic mass is 79.9. The number of aromatic nitrogens is 2. The fourth-order valence-electron chi connectivity index (χ4n) is 2.39. The number of benzene rings is 1. The van der Waals surface area contributed by atoms with Crippen molar-refractivity contribution in [1.82, 2.24) is 9.78 Å². The third kappa shape index (κ3) is 2.86. The molecule has 2 unspecified atom stereocenters. The summed E-state index contributed by atoms with van der Waals surface area (Å²) in [6, 6.07) is 10.7. The standard InChI is InChI=1S/C16H14BrN3O/c1-2-8-20-16(21)15(17)14(10-18-20)19-13-9-12(13)11-6-4-3-5-7-11/h1,3-7,10,12-13,19H,8-9H2. The zero-order chi connectivity index (χ0) is 14.8. The number of nitrogens with zero attached hydrogens (tertiary/aromatic N) is 2. The molecule has 2 atom stereocenters. The minimum Gasteiger partial charge on any atom is -0.379 e. The molecule has 21 heavy (non-hydrogen) atoms. The Bertz CT molecular complexity index is 748. The Hall–Kier alpha value is -2.06. The molecule has 106 valence electrons. The molecule has 1 aliphatic carbocycles. The van der Waals surface area contributed by atoms with Crippen LogP contribution in [0.1, 0.15) is 17.9 Å². The van der Waals surface area contributed by atoms with E-state index < -0.39 is 0 Å². The summed E-state index contributed by atoms with van der Waals surface area (Å²) in [6.07, 6.45) is 7.91. The summed E-state index contributed by atoms with van der Waals surface area (Å²) in [5, 5.41) is 7.45. The van der Waals surface area contributed by atoms with E-state index >= 15 is 0 Å². The Balaban J connectivity index is 1.74. The maximum atomic E-state index is 12.1. The lowest BCUT2D eigenvalue weighted by Crippen LogP contribution is -2.24. The van der Waals surface area contributed by atoms with E-state index in [-0.39, 0.29) is 12.1 Å². The normalized spacial score (nSPS) is 19.8. The van der Waals surface area contributed by atoms with Crippen molar-refractivity contribution < 1.29 is 0 Å². The van der Waals surface area contributed by atoms with Crippen molar-refractivity contribution >= 4 is 21.6 Å². The summed E-state index contributed by atoms with van der Waals surface area (Å²) in [6.45, 7) is 0.174. The van der Waals surface area contributed by atoms with E-state index in [9.17, 15) is 4.79 Å². The van der Waals surface area contributed by atoms with Crippen LogP contribution in [0.15, 0.2) is 45.8 Å². The van der Waals surface area contributed by atoms with Crippen LogP contribution in [-0.2, 0) is 6.54 Å². The molecule has 5 heteroatoms. The molecule has 1 heterocycles. The molecule has 1 N–H and O–H groups in total. The number of anilines is 1. The lowest BCUT2D eigenvalue weighted by molar-refractivity contribution is 0.659. The Morgan fingerprint density at radius 2 is 2.19 bits per heavy atom. The van der Waals surface area contributed by atoms with Crippen molar-refractivity contribution in [3.8, 4) is 12.3 Å². The van der Waals surface area contributed by atoms with Gasteiger partial charge in [-0.2, -0.15) is 5.10 Å². The van der Waals surface area contributed by atoms with E-state index in [1.165, 1.54) is 10.2 Å². The van der Waals surface area contributed by atoms with Gasteiger partial charge in [0.25, 0.3) is 5.56 Å².